The molecule has 3 N–H and O–H groups in total. The van der Waals surface area contributed by atoms with E-state index in [1.54, 1.807) is 0 Å². The summed E-state index contributed by atoms with van der Waals surface area (Å²) in [5.41, 5.74) is 6.35. The molecule has 0 heterocycles. The number of rotatable bonds is 4. The van der Waals surface area contributed by atoms with E-state index in [1.165, 1.54) is 0 Å². The molecule has 84 valence electrons. The van der Waals surface area contributed by atoms with Crippen molar-refractivity contribution in [2.24, 2.45) is 11.7 Å². The van der Waals surface area contributed by atoms with Crippen LogP contribution in [0.3, 0.4) is 0 Å². The Balaban J connectivity index is 0.00000196. The third kappa shape index (κ3) is 4.64. The van der Waals surface area contributed by atoms with Gasteiger partial charge in [0, 0.05) is 11.0 Å². The summed E-state index contributed by atoms with van der Waals surface area (Å²) < 4.78 is 0.987. The number of carboxylic acids is 1. The van der Waals surface area contributed by atoms with E-state index in [0.717, 1.165) is 10.0 Å². The molecule has 1 rings (SSSR count). The van der Waals surface area contributed by atoms with Crippen LogP contribution in [-0.4, -0.2) is 17.6 Å². The van der Waals surface area contributed by atoms with Crippen LogP contribution in [0.25, 0.3) is 0 Å². The van der Waals surface area contributed by atoms with Gasteiger partial charge in [-0.15, -0.1) is 12.4 Å². The number of carboxylic acid groups (broad SMARTS) is 1. The van der Waals surface area contributed by atoms with Gasteiger partial charge >= 0.3 is 5.97 Å². The van der Waals surface area contributed by atoms with Crippen LogP contribution >= 0.6 is 28.3 Å². The molecule has 15 heavy (non-hydrogen) atoms. The van der Waals surface area contributed by atoms with Gasteiger partial charge < -0.3 is 10.8 Å². The molecule has 0 fully saturated rings. The molecule has 0 radical (unpaired) electrons. The zero-order valence-electron chi connectivity index (χ0n) is 8.02. The molecule has 0 spiro atoms. The fraction of sp³-hybridized carbons (Fsp3) is 0.300. The minimum absolute atomic E-state index is 0. The van der Waals surface area contributed by atoms with Gasteiger partial charge in [-0.2, -0.15) is 0 Å². The largest absolute Gasteiger partial charge is 0.481 e. The first-order chi connectivity index (χ1) is 6.63. The molecule has 0 bridgehead atoms. The van der Waals surface area contributed by atoms with Gasteiger partial charge in [0.2, 0.25) is 0 Å². The van der Waals surface area contributed by atoms with Gasteiger partial charge in [-0.3, -0.25) is 4.79 Å². The molecule has 0 aliphatic carbocycles. The van der Waals surface area contributed by atoms with Crippen molar-refractivity contribution in [2.45, 2.75) is 6.42 Å². The Morgan fingerprint density at radius 3 is 2.33 bits per heavy atom. The van der Waals surface area contributed by atoms with Crippen molar-refractivity contribution in [2.75, 3.05) is 6.54 Å². The molecule has 0 saturated carbocycles. The van der Waals surface area contributed by atoms with Gasteiger partial charge in [0.05, 0.1) is 5.92 Å². The molecular weight excluding hydrogens is 281 g/mol. The van der Waals surface area contributed by atoms with Crippen molar-refractivity contribution in [3.8, 4) is 0 Å². The Kier molecular flexibility index (Phi) is 6.56. The summed E-state index contributed by atoms with van der Waals surface area (Å²) in [5.74, 6) is -1.33. The van der Waals surface area contributed by atoms with E-state index in [0.29, 0.717) is 6.42 Å². The average Bonchev–Trinajstić information content (AvgIpc) is 2.16. The van der Waals surface area contributed by atoms with Crippen molar-refractivity contribution in [1.82, 2.24) is 0 Å². The maximum absolute atomic E-state index is 10.7. The second-order valence-electron chi connectivity index (χ2n) is 3.10. The quantitative estimate of drug-likeness (QED) is 0.893. The minimum atomic E-state index is -0.838. The first kappa shape index (κ1) is 14.4. The number of halogens is 2. The van der Waals surface area contributed by atoms with E-state index in [1.807, 2.05) is 24.3 Å². The Morgan fingerprint density at radius 1 is 1.40 bits per heavy atom. The highest BCUT2D eigenvalue weighted by Crippen LogP contribution is 2.13. The van der Waals surface area contributed by atoms with E-state index >= 15 is 0 Å². The standard InChI is InChI=1S/C10H12BrNO2.ClH/c11-9-3-1-7(2-4-9)5-8(6-12)10(13)14;/h1-4,8H,5-6,12H2,(H,13,14);1H/t8-;/m0./s1. The summed E-state index contributed by atoms with van der Waals surface area (Å²) in [6.45, 7) is 0.172. The van der Waals surface area contributed by atoms with Crippen LogP contribution in [0, 0.1) is 5.92 Å². The minimum Gasteiger partial charge on any atom is -0.481 e. The maximum Gasteiger partial charge on any atom is 0.308 e. The van der Waals surface area contributed by atoms with Crippen LogP contribution < -0.4 is 5.73 Å². The Morgan fingerprint density at radius 2 is 1.93 bits per heavy atom. The second-order valence-corrected chi connectivity index (χ2v) is 4.02. The molecule has 0 aliphatic heterocycles. The van der Waals surface area contributed by atoms with Crippen molar-refractivity contribution in [1.29, 1.82) is 0 Å². The predicted molar refractivity (Wildman–Crippen MR) is 65.3 cm³/mol. The average molecular weight is 295 g/mol. The Labute approximate surface area is 103 Å². The van der Waals surface area contributed by atoms with Crippen molar-refractivity contribution < 1.29 is 9.90 Å². The van der Waals surface area contributed by atoms with Gasteiger partial charge in [-0.1, -0.05) is 28.1 Å². The predicted octanol–water partition coefficient (Wildman–Crippen LogP) is 2.07. The summed E-state index contributed by atoms with van der Waals surface area (Å²) in [4.78, 5) is 10.7. The van der Waals surface area contributed by atoms with E-state index in [4.69, 9.17) is 10.8 Å². The highest BCUT2D eigenvalue weighted by atomic mass is 79.9. The Hall–Kier alpha value is -0.580. The molecule has 3 nitrogen and oxygen atoms in total. The maximum atomic E-state index is 10.7. The molecule has 0 unspecified atom stereocenters. The lowest BCUT2D eigenvalue weighted by molar-refractivity contribution is -0.141. The lowest BCUT2D eigenvalue weighted by Crippen LogP contribution is -2.25. The summed E-state index contributed by atoms with van der Waals surface area (Å²) in [6, 6.07) is 7.58. The molecule has 0 aromatic heterocycles. The molecule has 5 heteroatoms. The summed E-state index contributed by atoms with van der Waals surface area (Å²) >= 11 is 3.32. The van der Waals surface area contributed by atoms with Crippen LogP contribution in [0.4, 0.5) is 0 Å². The number of benzene rings is 1. The third-order valence-corrected chi connectivity index (χ3v) is 2.56. The lowest BCUT2D eigenvalue weighted by Gasteiger charge is -2.09. The molecule has 0 amide bonds. The molecule has 1 aromatic carbocycles. The zero-order valence-corrected chi connectivity index (χ0v) is 10.4. The summed E-state index contributed by atoms with van der Waals surface area (Å²) in [5, 5.41) is 8.80. The molecule has 0 saturated heterocycles. The first-order valence-electron chi connectivity index (χ1n) is 4.31. The number of aliphatic carboxylic acids is 1. The smallest absolute Gasteiger partial charge is 0.308 e. The van der Waals surface area contributed by atoms with Gasteiger partial charge in [-0.05, 0) is 24.1 Å². The van der Waals surface area contributed by atoms with Crippen molar-refractivity contribution >= 4 is 34.3 Å². The second kappa shape index (κ2) is 6.82. The number of carbonyl (C=O) groups is 1. The van der Waals surface area contributed by atoms with Crippen LogP contribution in [0.15, 0.2) is 28.7 Å². The van der Waals surface area contributed by atoms with Gasteiger partial charge in [0.15, 0.2) is 0 Å². The van der Waals surface area contributed by atoms with E-state index < -0.39 is 11.9 Å². The normalized spacial score (nSPS) is 11.6. The number of nitrogens with two attached hydrogens (primary N) is 1. The highest BCUT2D eigenvalue weighted by molar-refractivity contribution is 9.10. The number of hydrogen-bond acceptors (Lipinski definition) is 2. The fourth-order valence-electron chi connectivity index (χ4n) is 1.18. The SMILES string of the molecule is Cl.NC[C@H](Cc1ccc(Br)cc1)C(=O)O. The molecule has 0 aliphatic rings. The summed E-state index contributed by atoms with van der Waals surface area (Å²) in [7, 11) is 0. The van der Waals surface area contributed by atoms with E-state index in [-0.39, 0.29) is 19.0 Å². The van der Waals surface area contributed by atoms with Crippen LogP contribution in [0.1, 0.15) is 5.56 Å². The van der Waals surface area contributed by atoms with Crippen molar-refractivity contribution in [3.05, 3.63) is 34.3 Å². The van der Waals surface area contributed by atoms with Crippen molar-refractivity contribution in [3.63, 3.8) is 0 Å². The van der Waals surface area contributed by atoms with Crippen LogP contribution in [0.5, 0.6) is 0 Å². The van der Waals surface area contributed by atoms with E-state index in [9.17, 15) is 4.79 Å². The topological polar surface area (TPSA) is 63.3 Å². The molecule has 1 aromatic rings. The monoisotopic (exact) mass is 293 g/mol. The van der Waals surface area contributed by atoms with Crippen LogP contribution in [-0.2, 0) is 11.2 Å². The lowest BCUT2D eigenvalue weighted by atomic mass is 10.00. The molecule has 1 atom stereocenters. The third-order valence-electron chi connectivity index (χ3n) is 2.03. The van der Waals surface area contributed by atoms with E-state index in [2.05, 4.69) is 15.9 Å². The van der Waals surface area contributed by atoms with Crippen LogP contribution in [0.2, 0.25) is 0 Å². The van der Waals surface area contributed by atoms with Gasteiger partial charge in [-0.25, -0.2) is 0 Å². The Bertz CT molecular complexity index is 316. The number of hydrogen-bond donors (Lipinski definition) is 2. The first-order valence-corrected chi connectivity index (χ1v) is 5.10. The highest BCUT2D eigenvalue weighted by Gasteiger charge is 2.15. The van der Waals surface area contributed by atoms with Gasteiger partial charge in [0.1, 0.15) is 0 Å². The fourth-order valence-corrected chi connectivity index (χ4v) is 1.44. The van der Waals surface area contributed by atoms with Gasteiger partial charge in [0.25, 0.3) is 0 Å². The zero-order chi connectivity index (χ0) is 10.6. The molecular formula is C10H13BrClNO2. The summed E-state index contributed by atoms with van der Waals surface area (Å²) in [6.07, 6.45) is 0.485.